The molecule has 0 spiro atoms. The SMILES string of the molecule is CC(C)(C)[Si](C)(C)OC[C@H]1CN(C(=O)O)C[C@@H]1C(=O)O. The van der Waals surface area contributed by atoms with Crippen LogP contribution in [0.2, 0.25) is 18.1 Å². The Balaban J connectivity index is 2.70. The van der Waals surface area contributed by atoms with Gasteiger partial charge in [0.2, 0.25) is 0 Å². The largest absolute Gasteiger partial charge is 0.481 e. The van der Waals surface area contributed by atoms with E-state index in [1.807, 2.05) is 0 Å². The van der Waals surface area contributed by atoms with E-state index in [-0.39, 0.29) is 24.0 Å². The molecule has 2 N–H and O–H groups in total. The maximum absolute atomic E-state index is 11.2. The van der Waals surface area contributed by atoms with Crippen LogP contribution in [0.15, 0.2) is 0 Å². The normalized spacial score (nSPS) is 23.9. The van der Waals surface area contributed by atoms with Gasteiger partial charge in [-0.25, -0.2) is 4.79 Å². The molecule has 0 aliphatic carbocycles. The van der Waals surface area contributed by atoms with Gasteiger partial charge in [0.25, 0.3) is 0 Å². The van der Waals surface area contributed by atoms with Crippen molar-refractivity contribution in [2.75, 3.05) is 19.7 Å². The van der Waals surface area contributed by atoms with Crippen molar-refractivity contribution in [1.29, 1.82) is 0 Å². The smallest absolute Gasteiger partial charge is 0.407 e. The maximum atomic E-state index is 11.2. The lowest BCUT2D eigenvalue weighted by Gasteiger charge is -2.37. The summed E-state index contributed by atoms with van der Waals surface area (Å²) in [6.45, 7) is 11.2. The summed E-state index contributed by atoms with van der Waals surface area (Å²) >= 11 is 0. The van der Waals surface area contributed by atoms with Crippen LogP contribution in [0.3, 0.4) is 0 Å². The van der Waals surface area contributed by atoms with E-state index in [0.29, 0.717) is 6.61 Å². The fraction of sp³-hybridized carbons (Fsp3) is 0.846. The van der Waals surface area contributed by atoms with Gasteiger partial charge in [0.15, 0.2) is 8.32 Å². The summed E-state index contributed by atoms with van der Waals surface area (Å²) in [5.74, 6) is -1.88. The van der Waals surface area contributed by atoms with Crippen molar-refractivity contribution in [3.63, 3.8) is 0 Å². The summed E-state index contributed by atoms with van der Waals surface area (Å²) in [7, 11) is -1.94. The Bertz CT molecular complexity index is 391. The van der Waals surface area contributed by atoms with Gasteiger partial charge in [-0.3, -0.25) is 4.79 Å². The second-order valence-electron chi connectivity index (χ2n) is 6.96. The molecule has 0 unspecified atom stereocenters. The highest BCUT2D eigenvalue weighted by molar-refractivity contribution is 6.74. The quantitative estimate of drug-likeness (QED) is 0.778. The fourth-order valence-electron chi connectivity index (χ4n) is 2.01. The van der Waals surface area contributed by atoms with Crippen molar-refractivity contribution < 1.29 is 24.2 Å². The molecule has 20 heavy (non-hydrogen) atoms. The van der Waals surface area contributed by atoms with Gasteiger partial charge in [0, 0.05) is 25.6 Å². The molecular weight excluding hydrogens is 278 g/mol. The molecular formula is C13H25NO5Si. The number of amides is 1. The Kier molecular flexibility index (Phi) is 4.86. The zero-order valence-electron chi connectivity index (χ0n) is 12.8. The number of nitrogens with zero attached hydrogens (tertiary/aromatic N) is 1. The molecule has 0 aromatic carbocycles. The van der Waals surface area contributed by atoms with Crippen molar-refractivity contribution in [2.45, 2.75) is 38.9 Å². The number of hydrogen-bond acceptors (Lipinski definition) is 3. The minimum Gasteiger partial charge on any atom is -0.481 e. The van der Waals surface area contributed by atoms with Crippen LogP contribution in [0.1, 0.15) is 20.8 Å². The van der Waals surface area contributed by atoms with Crippen LogP contribution in [0, 0.1) is 11.8 Å². The summed E-state index contributed by atoms with van der Waals surface area (Å²) in [5.41, 5.74) is 0. The van der Waals surface area contributed by atoms with Crippen LogP contribution in [0.5, 0.6) is 0 Å². The van der Waals surface area contributed by atoms with E-state index in [2.05, 4.69) is 33.9 Å². The summed E-state index contributed by atoms with van der Waals surface area (Å²) in [5, 5.41) is 18.2. The van der Waals surface area contributed by atoms with Gasteiger partial charge >= 0.3 is 12.1 Å². The number of carboxylic acids is 1. The molecule has 1 aliphatic rings. The Morgan fingerprint density at radius 3 is 2.20 bits per heavy atom. The number of likely N-dealkylation sites (tertiary alicyclic amines) is 1. The van der Waals surface area contributed by atoms with Crippen LogP contribution >= 0.6 is 0 Å². The number of rotatable bonds is 4. The van der Waals surface area contributed by atoms with E-state index < -0.39 is 26.3 Å². The maximum Gasteiger partial charge on any atom is 0.407 e. The zero-order chi connectivity index (χ0) is 15.7. The molecule has 0 saturated carbocycles. The van der Waals surface area contributed by atoms with E-state index in [4.69, 9.17) is 9.53 Å². The molecule has 1 saturated heterocycles. The highest BCUT2D eigenvalue weighted by Gasteiger charge is 2.43. The third-order valence-electron chi connectivity index (χ3n) is 4.49. The van der Waals surface area contributed by atoms with Crippen LogP contribution < -0.4 is 0 Å². The molecule has 1 amide bonds. The van der Waals surface area contributed by atoms with Gasteiger partial charge < -0.3 is 19.5 Å². The molecule has 0 bridgehead atoms. The van der Waals surface area contributed by atoms with Gasteiger partial charge in [-0.05, 0) is 18.1 Å². The molecule has 1 rings (SSSR count). The van der Waals surface area contributed by atoms with Crippen molar-refractivity contribution in [3.8, 4) is 0 Å². The lowest BCUT2D eigenvalue weighted by atomic mass is 9.97. The van der Waals surface area contributed by atoms with Gasteiger partial charge in [-0.15, -0.1) is 0 Å². The minimum atomic E-state index is -1.94. The van der Waals surface area contributed by atoms with E-state index in [9.17, 15) is 14.7 Å². The average Bonchev–Trinajstić information content (AvgIpc) is 2.69. The molecule has 116 valence electrons. The summed E-state index contributed by atoms with van der Waals surface area (Å²) in [6.07, 6.45) is -1.06. The van der Waals surface area contributed by atoms with Gasteiger partial charge in [0.1, 0.15) is 0 Å². The summed E-state index contributed by atoms with van der Waals surface area (Å²) in [6, 6.07) is 0. The van der Waals surface area contributed by atoms with Crippen LogP contribution in [-0.4, -0.2) is 55.2 Å². The van der Waals surface area contributed by atoms with E-state index in [1.165, 1.54) is 4.90 Å². The average molecular weight is 303 g/mol. The molecule has 6 nitrogen and oxygen atoms in total. The Hall–Kier alpha value is -1.08. The van der Waals surface area contributed by atoms with Crippen LogP contribution in [0.25, 0.3) is 0 Å². The summed E-state index contributed by atoms with van der Waals surface area (Å²) < 4.78 is 6.04. The Morgan fingerprint density at radius 2 is 1.80 bits per heavy atom. The first-order valence-electron chi connectivity index (χ1n) is 6.80. The predicted molar refractivity (Wildman–Crippen MR) is 77.4 cm³/mol. The molecule has 1 fully saturated rings. The number of carbonyl (C=O) groups is 2. The first-order valence-corrected chi connectivity index (χ1v) is 9.71. The van der Waals surface area contributed by atoms with Crippen LogP contribution in [0.4, 0.5) is 4.79 Å². The third-order valence-corrected chi connectivity index (χ3v) is 8.99. The summed E-state index contributed by atoms with van der Waals surface area (Å²) in [4.78, 5) is 23.4. The highest BCUT2D eigenvalue weighted by Crippen LogP contribution is 2.37. The Morgan fingerprint density at radius 1 is 1.25 bits per heavy atom. The topological polar surface area (TPSA) is 87.1 Å². The monoisotopic (exact) mass is 303 g/mol. The highest BCUT2D eigenvalue weighted by atomic mass is 28.4. The molecule has 1 heterocycles. The third kappa shape index (κ3) is 3.73. The molecule has 7 heteroatoms. The van der Waals surface area contributed by atoms with E-state index >= 15 is 0 Å². The molecule has 0 aromatic heterocycles. The standard InChI is InChI=1S/C13H25NO5Si/c1-13(2,3)20(4,5)19-8-9-6-14(12(17)18)7-10(9)11(15)16/h9-10H,6-8H2,1-5H3,(H,15,16)(H,17,18)/t9-,10+/m1/s1. The zero-order valence-corrected chi connectivity index (χ0v) is 13.8. The minimum absolute atomic E-state index is 0.0518. The second kappa shape index (κ2) is 5.73. The van der Waals surface area contributed by atoms with Gasteiger partial charge in [-0.2, -0.15) is 0 Å². The Labute approximate surface area is 120 Å². The molecule has 0 aromatic rings. The van der Waals surface area contributed by atoms with Crippen molar-refractivity contribution in [1.82, 2.24) is 4.90 Å². The lowest BCUT2D eigenvalue weighted by Crippen LogP contribution is -2.43. The van der Waals surface area contributed by atoms with Gasteiger partial charge in [0.05, 0.1) is 5.92 Å². The molecule has 0 radical (unpaired) electrons. The first kappa shape index (κ1) is 17.0. The number of hydrogen-bond donors (Lipinski definition) is 2. The van der Waals surface area contributed by atoms with E-state index in [0.717, 1.165) is 0 Å². The van der Waals surface area contributed by atoms with Crippen molar-refractivity contribution >= 4 is 20.4 Å². The lowest BCUT2D eigenvalue weighted by molar-refractivity contribution is -0.142. The predicted octanol–water partition coefficient (Wildman–Crippen LogP) is 2.32. The molecule has 1 aliphatic heterocycles. The fourth-order valence-corrected chi connectivity index (χ4v) is 3.07. The van der Waals surface area contributed by atoms with E-state index in [1.54, 1.807) is 0 Å². The van der Waals surface area contributed by atoms with Gasteiger partial charge in [-0.1, -0.05) is 20.8 Å². The van der Waals surface area contributed by atoms with Crippen molar-refractivity contribution in [3.05, 3.63) is 0 Å². The number of carboxylic acid groups (broad SMARTS) is 2. The first-order chi connectivity index (χ1) is 8.95. The second-order valence-corrected chi connectivity index (χ2v) is 11.8. The number of aliphatic carboxylic acids is 1. The molecule has 2 atom stereocenters. The van der Waals surface area contributed by atoms with Crippen LogP contribution in [-0.2, 0) is 9.22 Å². The van der Waals surface area contributed by atoms with Crippen molar-refractivity contribution in [2.24, 2.45) is 11.8 Å².